The molecule has 1 aliphatic heterocycles. The standard InChI is InChI=1S/C15H17N3O2/c1-20-14(19)6-8-18-10-16-9-13(18)12-4-2-3-11-5-7-17-15(11)12/h2-4,9-10,17H,5-8H2,1H3. The van der Waals surface area contributed by atoms with Gasteiger partial charge in [-0.2, -0.15) is 0 Å². The van der Waals surface area contributed by atoms with Crippen LogP contribution in [-0.4, -0.2) is 29.2 Å². The second-order valence-corrected chi connectivity index (χ2v) is 4.81. The Morgan fingerprint density at radius 3 is 3.25 bits per heavy atom. The van der Waals surface area contributed by atoms with Crippen molar-refractivity contribution in [3.63, 3.8) is 0 Å². The van der Waals surface area contributed by atoms with Crippen LogP contribution in [0, 0.1) is 0 Å². The van der Waals surface area contributed by atoms with E-state index in [-0.39, 0.29) is 5.97 Å². The van der Waals surface area contributed by atoms with Gasteiger partial charge in [-0.1, -0.05) is 18.2 Å². The van der Waals surface area contributed by atoms with Gasteiger partial charge in [-0.05, 0) is 12.0 Å². The minimum atomic E-state index is -0.207. The molecule has 2 heterocycles. The molecule has 0 aliphatic carbocycles. The highest BCUT2D eigenvalue weighted by Gasteiger charge is 2.17. The van der Waals surface area contributed by atoms with Crippen LogP contribution in [0.1, 0.15) is 12.0 Å². The average Bonchev–Trinajstić information content (AvgIpc) is 3.12. The van der Waals surface area contributed by atoms with Crippen LogP contribution in [0.4, 0.5) is 5.69 Å². The first kappa shape index (κ1) is 12.7. The third-order valence-corrected chi connectivity index (χ3v) is 3.62. The maximum atomic E-state index is 11.3. The number of para-hydroxylation sites is 1. The van der Waals surface area contributed by atoms with Gasteiger partial charge in [0.05, 0.1) is 31.7 Å². The first-order chi connectivity index (χ1) is 9.79. The lowest BCUT2D eigenvalue weighted by molar-refractivity contribution is -0.140. The van der Waals surface area contributed by atoms with Crippen molar-refractivity contribution in [3.8, 4) is 11.3 Å². The summed E-state index contributed by atoms with van der Waals surface area (Å²) in [5.41, 5.74) is 4.69. The molecule has 5 heteroatoms. The Hall–Kier alpha value is -2.30. The molecule has 1 aromatic heterocycles. The van der Waals surface area contributed by atoms with Gasteiger partial charge in [0.1, 0.15) is 0 Å². The summed E-state index contributed by atoms with van der Waals surface area (Å²) in [4.78, 5) is 15.5. The van der Waals surface area contributed by atoms with Crippen molar-refractivity contribution >= 4 is 11.7 Å². The number of nitrogens with one attached hydrogen (secondary N) is 1. The summed E-state index contributed by atoms with van der Waals surface area (Å²) < 4.78 is 6.68. The van der Waals surface area contributed by atoms with Crippen LogP contribution in [0.25, 0.3) is 11.3 Å². The van der Waals surface area contributed by atoms with Gasteiger partial charge in [-0.15, -0.1) is 0 Å². The molecule has 104 valence electrons. The predicted molar refractivity (Wildman–Crippen MR) is 76.5 cm³/mol. The third-order valence-electron chi connectivity index (χ3n) is 3.62. The maximum Gasteiger partial charge on any atom is 0.307 e. The normalized spacial score (nSPS) is 12.8. The molecule has 0 unspecified atom stereocenters. The van der Waals surface area contributed by atoms with Crippen molar-refractivity contribution < 1.29 is 9.53 Å². The van der Waals surface area contributed by atoms with E-state index in [1.807, 2.05) is 10.8 Å². The molecule has 0 radical (unpaired) electrons. The molecule has 1 aliphatic rings. The number of ether oxygens (including phenoxy) is 1. The van der Waals surface area contributed by atoms with Crippen LogP contribution < -0.4 is 5.32 Å². The SMILES string of the molecule is COC(=O)CCn1cncc1-c1cccc2c1NCC2. The molecular formula is C15H17N3O2. The summed E-state index contributed by atoms with van der Waals surface area (Å²) in [6, 6.07) is 6.30. The minimum Gasteiger partial charge on any atom is -0.469 e. The Morgan fingerprint density at radius 2 is 2.40 bits per heavy atom. The number of aromatic nitrogens is 2. The molecule has 3 rings (SSSR count). The van der Waals surface area contributed by atoms with Gasteiger partial charge in [-0.25, -0.2) is 4.98 Å². The van der Waals surface area contributed by atoms with E-state index in [0.29, 0.717) is 13.0 Å². The van der Waals surface area contributed by atoms with E-state index in [1.165, 1.54) is 18.4 Å². The minimum absolute atomic E-state index is 0.207. The Kier molecular flexibility index (Phi) is 3.41. The fourth-order valence-corrected chi connectivity index (χ4v) is 2.59. The second-order valence-electron chi connectivity index (χ2n) is 4.81. The lowest BCUT2D eigenvalue weighted by Crippen LogP contribution is -2.07. The van der Waals surface area contributed by atoms with Gasteiger partial charge in [0.2, 0.25) is 0 Å². The van der Waals surface area contributed by atoms with E-state index in [4.69, 9.17) is 0 Å². The first-order valence-electron chi connectivity index (χ1n) is 6.72. The highest BCUT2D eigenvalue weighted by Crippen LogP contribution is 2.34. The number of nitrogens with zero attached hydrogens (tertiary/aromatic N) is 2. The van der Waals surface area contributed by atoms with Crippen molar-refractivity contribution in [1.82, 2.24) is 9.55 Å². The summed E-state index contributed by atoms with van der Waals surface area (Å²) >= 11 is 0. The maximum absolute atomic E-state index is 11.3. The van der Waals surface area contributed by atoms with Crippen molar-refractivity contribution in [2.45, 2.75) is 19.4 Å². The number of imidazole rings is 1. The third kappa shape index (κ3) is 2.27. The monoisotopic (exact) mass is 271 g/mol. The molecule has 5 nitrogen and oxygen atoms in total. The quantitative estimate of drug-likeness (QED) is 0.865. The molecule has 0 amide bonds. The zero-order chi connectivity index (χ0) is 13.9. The molecule has 0 saturated carbocycles. The Labute approximate surface area is 117 Å². The molecule has 0 saturated heterocycles. The van der Waals surface area contributed by atoms with E-state index >= 15 is 0 Å². The zero-order valence-electron chi connectivity index (χ0n) is 11.4. The van der Waals surface area contributed by atoms with Crippen LogP contribution >= 0.6 is 0 Å². The number of aryl methyl sites for hydroxylation is 1. The molecule has 0 spiro atoms. The number of hydrogen-bond acceptors (Lipinski definition) is 4. The number of fused-ring (bicyclic) bond motifs is 1. The van der Waals surface area contributed by atoms with Gasteiger partial charge < -0.3 is 14.6 Å². The first-order valence-corrected chi connectivity index (χ1v) is 6.72. The molecule has 2 aromatic rings. The van der Waals surface area contributed by atoms with E-state index < -0.39 is 0 Å². The molecule has 1 N–H and O–H groups in total. The van der Waals surface area contributed by atoms with Crippen LogP contribution in [-0.2, 0) is 22.5 Å². The lowest BCUT2D eigenvalue weighted by Gasteiger charge is -2.11. The van der Waals surface area contributed by atoms with E-state index in [2.05, 4.69) is 33.2 Å². The highest BCUT2D eigenvalue weighted by molar-refractivity contribution is 5.80. The average molecular weight is 271 g/mol. The summed E-state index contributed by atoms with van der Waals surface area (Å²) in [6.07, 6.45) is 5.00. The van der Waals surface area contributed by atoms with E-state index in [0.717, 1.165) is 24.2 Å². The Morgan fingerprint density at radius 1 is 1.50 bits per heavy atom. The molecular weight excluding hydrogens is 254 g/mol. The Balaban J connectivity index is 1.90. The number of hydrogen-bond donors (Lipinski definition) is 1. The topological polar surface area (TPSA) is 56.2 Å². The largest absolute Gasteiger partial charge is 0.469 e. The number of esters is 1. The number of rotatable bonds is 4. The molecule has 0 atom stereocenters. The smallest absolute Gasteiger partial charge is 0.307 e. The number of benzene rings is 1. The molecule has 0 fully saturated rings. The van der Waals surface area contributed by atoms with Crippen LogP contribution in [0.2, 0.25) is 0 Å². The fourth-order valence-electron chi connectivity index (χ4n) is 2.59. The van der Waals surface area contributed by atoms with E-state index in [1.54, 1.807) is 6.33 Å². The summed E-state index contributed by atoms with van der Waals surface area (Å²) in [7, 11) is 1.41. The predicted octanol–water partition coefficient (Wildman–Crippen LogP) is 2.08. The van der Waals surface area contributed by atoms with Gasteiger partial charge in [0.15, 0.2) is 0 Å². The van der Waals surface area contributed by atoms with Crippen LogP contribution in [0.15, 0.2) is 30.7 Å². The molecule has 0 bridgehead atoms. The summed E-state index contributed by atoms with van der Waals surface area (Å²) in [5, 5.41) is 3.43. The van der Waals surface area contributed by atoms with Gasteiger partial charge in [0, 0.05) is 24.3 Å². The van der Waals surface area contributed by atoms with Crippen molar-refractivity contribution in [3.05, 3.63) is 36.3 Å². The number of anilines is 1. The van der Waals surface area contributed by atoms with Gasteiger partial charge in [0.25, 0.3) is 0 Å². The van der Waals surface area contributed by atoms with Gasteiger partial charge in [-0.3, -0.25) is 4.79 Å². The van der Waals surface area contributed by atoms with Crippen molar-refractivity contribution in [2.75, 3.05) is 19.0 Å². The van der Waals surface area contributed by atoms with E-state index in [9.17, 15) is 4.79 Å². The summed E-state index contributed by atoms with van der Waals surface area (Å²) in [5.74, 6) is -0.207. The highest BCUT2D eigenvalue weighted by atomic mass is 16.5. The molecule has 20 heavy (non-hydrogen) atoms. The zero-order valence-corrected chi connectivity index (χ0v) is 11.4. The number of methoxy groups -OCH3 is 1. The van der Waals surface area contributed by atoms with Gasteiger partial charge >= 0.3 is 5.97 Å². The number of carbonyl (C=O) groups is 1. The lowest BCUT2D eigenvalue weighted by atomic mass is 10.1. The van der Waals surface area contributed by atoms with Crippen LogP contribution in [0.5, 0.6) is 0 Å². The Bertz CT molecular complexity index is 634. The summed E-state index contributed by atoms with van der Waals surface area (Å²) in [6.45, 7) is 1.55. The molecule has 1 aromatic carbocycles. The van der Waals surface area contributed by atoms with Crippen molar-refractivity contribution in [2.24, 2.45) is 0 Å². The number of carbonyl (C=O) groups excluding carboxylic acids is 1. The van der Waals surface area contributed by atoms with Crippen molar-refractivity contribution in [1.29, 1.82) is 0 Å². The fraction of sp³-hybridized carbons (Fsp3) is 0.333. The second kappa shape index (κ2) is 5.36. The van der Waals surface area contributed by atoms with Crippen LogP contribution in [0.3, 0.4) is 0 Å².